The van der Waals surface area contributed by atoms with E-state index in [1.807, 2.05) is 72.0 Å². The molecule has 0 spiro atoms. The lowest BCUT2D eigenvalue weighted by Gasteiger charge is -2.11. The molecule has 0 radical (unpaired) electrons. The zero-order valence-electron chi connectivity index (χ0n) is 28.9. The molecule has 0 aliphatic rings. The van der Waals surface area contributed by atoms with E-state index >= 15 is 0 Å². The van der Waals surface area contributed by atoms with Crippen molar-refractivity contribution in [2.45, 2.75) is 0 Å². The number of hydrogen-bond acceptors (Lipinski definition) is 5. The van der Waals surface area contributed by atoms with Gasteiger partial charge >= 0.3 is 0 Å². The summed E-state index contributed by atoms with van der Waals surface area (Å²) < 4.78 is 9.49. The molecule has 11 rings (SSSR count). The van der Waals surface area contributed by atoms with E-state index in [2.05, 4.69) is 115 Å². The van der Waals surface area contributed by atoms with Crippen LogP contribution in [0, 0.1) is 0 Å². The minimum absolute atomic E-state index is 0.599. The lowest BCUT2D eigenvalue weighted by molar-refractivity contribution is 0.670. The summed E-state index contributed by atoms with van der Waals surface area (Å²) in [6, 6.07) is 61.5. The summed E-state index contributed by atoms with van der Waals surface area (Å²) in [5, 5.41) is 6.89. The van der Waals surface area contributed by atoms with Crippen molar-refractivity contribution in [1.29, 1.82) is 0 Å². The molecule has 5 heteroatoms. The van der Waals surface area contributed by atoms with Gasteiger partial charge in [0, 0.05) is 53.2 Å². The first-order chi connectivity index (χ1) is 26.7. The van der Waals surface area contributed by atoms with Crippen LogP contribution in [0.15, 0.2) is 180 Å². The quantitative estimate of drug-likeness (QED) is 0.179. The Labute approximate surface area is 314 Å². The van der Waals surface area contributed by atoms with Gasteiger partial charge in [0.05, 0.1) is 0 Å². The Bertz CT molecular complexity index is 3140. The number of fused-ring (bicyclic) bond motifs is 7. The number of hydrogen-bond donors (Lipinski definition) is 0. The first kappa shape index (κ1) is 30.7. The van der Waals surface area contributed by atoms with Crippen LogP contribution >= 0.6 is 11.3 Å². The van der Waals surface area contributed by atoms with Crippen molar-refractivity contribution in [1.82, 2.24) is 15.0 Å². The van der Waals surface area contributed by atoms with Gasteiger partial charge in [0.2, 0.25) is 0 Å². The predicted octanol–water partition coefficient (Wildman–Crippen LogP) is 13.6. The highest BCUT2D eigenvalue weighted by Crippen LogP contribution is 2.44. The van der Waals surface area contributed by atoms with Gasteiger partial charge in [-0.1, -0.05) is 146 Å². The van der Waals surface area contributed by atoms with Crippen LogP contribution in [-0.4, -0.2) is 15.0 Å². The maximum absolute atomic E-state index is 6.87. The average Bonchev–Trinajstić information content (AvgIpc) is 3.82. The molecule has 0 unspecified atom stereocenters. The normalized spacial score (nSPS) is 11.7. The van der Waals surface area contributed by atoms with E-state index < -0.39 is 0 Å². The summed E-state index contributed by atoms with van der Waals surface area (Å²) in [6.45, 7) is 0. The van der Waals surface area contributed by atoms with E-state index in [1.165, 1.54) is 31.3 Å². The smallest absolute Gasteiger partial charge is 0.164 e. The number of thiophene rings is 1. The van der Waals surface area contributed by atoms with E-state index in [9.17, 15) is 0 Å². The minimum Gasteiger partial charge on any atom is -0.455 e. The maximum atomic E-state index is 6.87. The third-order valence-corrected chi connectivity index (χ3v) is 11.6. The zero-order valence-corrected chi connectivity index (χ0v) is 29.7. The Kier molecular flexibility index (Phi) is 7.00. The molecule has 0 atom stereocenters. The molecule has 54 heavy (non-hydrogen) atoms. The van der Waals surface area contributed by atoms with Gasteiger partial charge in [-0.15, -0.1) is 11.3 Å². The highest BCUT2D eigenvalue weighted by atomic mass is 32.1. The molecule has 0 bridgehead atoms. The second-order valence-corrected chi connectivity index (χ2v) is 14.6. The highest BCUT2D eigenvalue weighted by molar-refractivity contribution is 7.26. The molecule has 0 saturated carbocycles. The van der Waals surface area contributed by atoms with E-state index in [0.717, 1.165) is 60.5 Å². The van der Waals surface area contributed by atoms with Crippen LogP contribution in [0.4, 0.5) is 0 Å². The summed E-state index contributed by atoms with van der Waals surface area (Å²) in [4.78, 5) is 15.2. The van der Waals surface area contributed by atoms with Crippen LogP contribution in [0.5, 0.6) is 0 Å². The fourth-order valence-electron chi connectivity index (χ4n) is 7.71. The summed E-state index contributed by atoms with van der Waals surface area (Å²) in [6.07, 6.45) is 0. The number of rotatable bonds is 5. The molecule has 3 aromatic heterocycles. The molecule has 0 amide bonds. The molecule has 8 aromatic carbocycles. The Morgan fingerprint density at radius 2 is 0.963 bits per heavy atom. The van der Waals surface area contributed by atoms with Crippen LogP contribution in [0.25, 0.3) is 109 Å². The number of furan rings is 1. The Morgan fingerprint density at radius 3 is 1.69 bits per heavy atom. The lowest BCUT2D eigenvalue weighted by Crippen LogP contribution is -2.00. The zero-order chi connectivity index (χ0) is 35.6. The fourth-order valence-corrected chi connectivity index (χ4v) is 8.95. The van der Waals surface area contributed by atoms with Crippen LogP contribution in [0.1, 0.15) is 0 Å². The molecular weight excluding hydrogens is 679 g/mol. The standard InChI is InChI=1S/C49H29N3OS/c1-3-12-32(13-4-1)47-50-48(33-14-5-2-6-15-33)52-49(51-47)40-27-26-36(45-44(40)41-28-34-16-7-8-17-35(34)29-42(41)53-45)30-22-24-31(25-23-30)37-19-11-20-39-38-18-9-10-21-43(38)54-46(37)39/h1-29H. The summed E-state index contributed by atoms with van der Waals surface area (Å²) in [5.41, 5.74) is 8.91. The molecule has 0 aliphatic carbocycles. The molecular formula is C49H29N3OS. The fraction of sp³-hybridized carbons (Fsp3) is 0. The predicted molar refractivity (Wildman–Crippen MR) is 225 cm³/mol. The SMILES string of the molecule is c1ccc(-c2nc(-c3ccccc3)nc(-c3ccc(-c4ccc(-c5cccc6c5sc5ccccc56)cc4)c4oc5cc6ccccc6cc5c34)n2)cc1. The largest absolute Gasteiger partial charge is 0.455 e. The third kappa shape index (κ3) is 5.01. The van der Waals surface area contributed by atoms with Crippen LogP contribution in [0.3, 0.4) is 0 Å². The van der Waals surface area contributed by atoms with Gasteiger partial charge in [0.15, 0.2) is 17.5 Å². The van der Waals surface area contributed by atoms with Gasteiger partial charge < -0.3 is 4.42 Å². The minimum atomic E-state index is 0.599. The van der Waals surface area contributed by atoms with Gasteiger partial charge in [-0.2, -0.15) is 0 Å². The molecule has 4 nitrogen and oxygen atoms in total. The maximum Gasteiger partial charge on any atom is 0.164 e. The first-order valence-corrected chi connectivity index (χ1v) is 18.8. The van der Waals surface area contributed by atoms with Gasteiger partial charge in [0.1, 0.15) is 11.2 Å². The van der Waals surface area contributed by atoms with Gasteiger partial charge in [-0.25, -0.2) is 15.0 Å². The Hall–Kier alpha value is -6.95. The Morgan fingerprint density at radius 1 is 0.389 bits per heavy atom. The van der Waals surface area contributed by atoms with Gasteiger partial charge in [0.25, 0.3) is 0 Å². The number of nitrogens with zero attached hydrogens (tertiary/aromatic N) is 3. The lowest BCUT2D eigenvalue weighted by atomic mass is 9.95. The monoisotopic (exact) mass is 707 g/mol. The van der Waals surface area contributed by atoms with E-state index in [-0.39, 0.29) is 0 Å². The Balaban J connectivity index is 1.12. The number of benzene rings is 8. The van der Waals surface area contributed by atoms with Crippen molar-refractivity contribution in [2.24, 2.45) is 0 Å². The molecule has 0 N–H and O–H groups in total. The van der Waals surface area contributed by atoms with Gasteiger partial charge in [-0.3, -0.25) is 0 Å². The van der Waals surface area contributed by atoms with Crippen molar-refractivity contribution in [3.63, 3.8) is 0 Å². The summed E-state index contributed by atoms with van der Waals surface area (Å²) in [7, 11) is 0. The molecule has 3 heterocycles. The molecule has 0 fully saturated rings. The number of aromatic nitrogens is 3. The van der Waals surface area contributed by atoms with E-state index in [4.69, 9.17) is 19.4 Å². The van der Waals surface area contributed by atoms with E-state index in [1.54, 1.807) is 0 Å². The summed E-state index contributed by atoms with van der Waals surface area (Å²) in [5.74, 6) is 1.85. The van der Waals surface area contributed by atoms with Crippen molar-refractivity contribution >= 4 is 64.2 Å². The molecule has 0 saturated heterocycles. The van der Waals surface area contributed by atoms with Crippen LogP contribution in [-0.2, 0) is 0 Å². The van der Waals surface area contributed by atoms with Crippen molar-refractivity contribution in [2.75, 3.05) is 0 Å². The van der Waals surface area contributed by atoms with Crippen molar-refractivity contribution in [3.8, 4) is 56.4 Å². The summed E-state index contributed by atoms with van der Waals surface area (Å²) >= 11 is 1.86. The van der Waals surface area contributed by atoms with Gasteiger partial charge in [-0.05, 0) is 57.8 Å². The van der Waals surface area contributed by atoms with Crippen LogP contribution < -0.4 is 0 Å². The van der Waals surface area contributed by atoms with E-state index in [0.29, 0.717) is 17.5 Å². The highest BCUT2D eigenvalue weighted by Gasteiger charge is 2.21. The third-order valence-electron chi connectivity index (χ3n) is 10.3. The molecule has 0 aliphatic heterocycles. The molecule has 11 aromatic rings. The second-order valence-electron chi connectivity index (χ2n) is 13.6. The van der Waals surface area contributed by atoms with Crippen molar-refractivity contribution in [3.05, 3.63) is 176 Å². The molecule has 252 valence electrons. The average molecular weight is 708 g/mol. The topological polar surface area (TPSA) is 51.8 Å². The second kappa shape index (κ2) is 12.3. The first-order valence-electron chi connectivity index (χ1n) is 18.0. The van der Waals surface area contributed by atoms with Crippen molar-refractivity contribution < 1.29 is 4.42 Å². The van der Waals surface area contributed by atoms with Crippen LogP contribution in [0.2, 0.25) is 0 Å².